The third kappa shape index (κ3) is 0.765. The van der Waals surface area contributed by atoms with E-state index in [1.807, 2.05) is 6.07 Å². The highest BCUT2D eigenvalue weighted by atomic mass is 16.8. The van der Waals surface area contributed by atoms with Crippen LogP contribution in [0.2, 0.25) is 0 Å². The molecule has 1 spiro atoms. The van der Waals surface area contributed by atoms with Gasteiger partial charge in [-0.15, -0.1) is 0 Å². The molecule has 2 unspecified atom stereocenters. The van der Waals surface area contributed by atoms with Crippen molar-refractivity contribution in [3.05, 3.63) is 35.9 Å². The van der Waals surface area contributed by atoms with Gasteiger partial charge in [0, 0.05) is 0 Å². The van der Waals surface area contributed by atoms with Crippen molar-refractivity contribution in [2.75, 3.05) is 13.2 Å². The fourth-order valence-corrected chi connectivity index (χ4v) is 1.74. The van der Waals surface area contributed by atoms with Gasteiger partial charge in [-0.2, -0.15) is 0 Å². The molecule has 0 aliphatic carbocycles. The summed E-state index contributed by atoms with van der Waals surface area (Å²) in [5.41, 5.74) is 1.33. The smallest absolute Gasteiger partial charge is 0.201 e. The molecule has 1 aromatic rings. The van der Waals surface area contributed by atoms with Crippen LogP contribution in [0.3, 0.4) is 0 Å². The summed E-state index contributed by atoms with van der Waals surface area (Å²) in [5, 5.41) is 0. The molecular formula is C10H10O2. The summed E-state index contributed by atoms with van der Waals surface area (Å²) in [5.74, 6) is 0.264. The summed E-state index contributed by atoms with van der Waals surface area (Å²) in [6.07, 6.45) is 0. The first kappa shape index (κ1) is 6.63. The van der Waals surface area contributed by atoms with Gasteiger partial charge in [-0.05, 0) is 5.56 Å². The zero-order chi connectivity index (χ0) is 8.02. The minimum Gasteiger partial charge on any atom is -0.346 e. The predicted octanol–water partition coefficient (Wildman–Crippen LogP) is 1.53. The van der Waals surface area contributed by atoms with Gasteiger partial charge < -0.3 is 9.47 Å². The minimum absolute atomic E-state index is 0.207. The van der Waals surface area contributed by atoms with Crippen molar-refractivity contribution in [1.82, 2.24) is 0 Å². The highest BCUT2D eigenvalue weighted by molar-refractivity contribution is 5.26. The van der Waals surface area contributed by atoms with Crippen LogP contribution in [0.4, 0.5) is 0 Å². The Morgan fingerprint density at radius 2 is 1.92 bits per heavy atom. The number of hydrogen-bond acceptors (Lipinski definition) is 2. The molecule has 2 fully saturated rings. The fraction of sp³-hybridized carbons (Fsp3) is 0.400. The van der Waals surface area contributed by atoms with E-state index in [-0.39, 0.29) is 5.79 Å². The maximum absolute atomic E-state index is 5.37. The highest BCUT2D eigenvalue weighted by Gasteiger charge is 2.60. The second-order valence-corrected chi connectivity index (χ2v) is 3.37. The van der Waals surface area contributed by atoms with Crippen LogP contribution in [0.25, 0.3) is 0 Å². The van der Waals surface area contributed by atoms with Crippen LogP contribution in [-0.2, 0) is 9.47 Å². The maximum atomic E-state index is 5.37. The van der Waals surface area contributed by atoms with E-state index in [0.29, 0.717) is 5.92 Å². The Labute approximate surface area is 71.1 Å². The van der Waals surface area contributed by atoms with E-state index in [1.54, 1.807) is 0 Å². The first-order valence-electron chi connectivity index (χ1n) is 4.24. The summed E-state index contributed by atoms with van der Waals surface area (Å²) >= 11 is 0. The molecular weight excluding hydrogens is 152 g/mol. The first-order valence-corrected chi connectivity index (χ1v) is 4.24. The molecule has 1 aromatic carbocycles. The molecule has 2 saturated heterocycles. The molecule has 0 N–H and O–H groups in total. The molecule has 0 aromatic heterocycles. The molecule has 2 aliphatic rings. The van der Waals surface area contributed by atoms with E-state index in [2.05, 4.69) is 24.3 Å². The monoisotopic (exact) mass is 162 g/mol. The lowest BCUT2D eigenvalue weighted by molar-refractivity contribution is -0.161. The zero-order valence-electron chi connectivity index (χ0n) is 6.69. The lowest BCUT2D eigenvalue weighted by Crippen LogP contribution is -2.41. The standard InChI is InChI=1S/C10H10O2/c1-2-4-8(5-3-1)9-6-11-10(9)7-12-10/h1-5,9H,6-7H2. The Kier molecular flexibility index (Phi) is 1.15. The van der Waals surface area contributed by atoms with E-state index in [0.717, 1.165) is 13.2 Å². The van der Waals surface area contributed by atoms with Crippen molar-refractivity contribution in [1.29, 1.82) is 0 Å². The van der Waals surface area contributed by atoms with Gasteiger partial charge in [0.1, 0.15) is 6.61 Å². The van der Waals surface area contributed by atoms with Crippen molar-refractivity contribution < 1.29 is 9.47 Å². The molecule has 62 valence electrons. The highest BCUT2D eigenvalue weighted by Crippen LogP contribution is 2.50. The predicted molar refractivity (Wildman–Crippen MR) is 43.8 cm³/mol. The summed E-state index contributed by atoms with van der Waals surface area (Å²) < 4.78 is 10.7. The first-order chi connectivity index (χ1) is 5.91. The minimum atomic E-state index is -0.207. The van der Waals surface area contributed by atoms with E-state index < -0.39 is 0 Å². The lowest BCUT2D eigenvalue weighted by atomic mass is 9.90. The van der Waals surface area contributed by atoms with Gasteiger partial charge in [0.25, 0.3) is 0 Å². The number of hydrogen-bond donors (Lipinski definition) is 0. The molecule has 0 radical (unpaired) electrons. The number of ether oxygens (including phenoxy) is 2. The molecule has 0 bridgehead atoms. The average Bonchev–Trinajstić information content (AvgIpc) is 2.85. The Morgan fingerprint density at radius 3 is 2.42 bits per heavy atom. The van der Waals surface area contributed by atoms with Crippen molar-refractivity contribution in [3.8, 4) is 0 Å². The third-order valence-electron chi connectivity index (χ3n) is 2.66. The quantitative estimate of drug-likeness (QED) is 0.584. The zero-order valence-corrected chi connectivity index (χ0v) is 6.69. The lowest BCUT2D eigenvalue weighted by Gasteiger charge is -2.34. The van der Waals surface area contributed by atoms with E-state index in [9.17, 15) is 0 Å². The maximum Gasteiger partial charge on any atom is 0.201 e. The van der Waals surface area contributed by atoms with E-state index in [1.165, 1.54) is 5.56 Å². The number of benzene rings is 1. The van der Waals surface area contributed by atoms with Gasteiger partial charge in [0.15, 0.2) is 0 Å². The summed E-state index contributed by atoms with van der Waals surface area (Å²) in [6, 6.07) is 10.4. The molecule has 2 atom stereocenters. The summed E-state index contributed by atoms with van der Waals surface area (Å²) in [7, 11) is 0. The molecule has 12 heavy (non-hydrogen) atoms. The van der Waals surface area contributed by atoms with Crippen LogP contribution in [0, 0.1) is 0 Å². The molecule has 2 heterocycles. The normalized spacial score (nSPS) is 37.8. The third-order valence-corrected chi connectivity index (χ3v) is 2.66. The van der Waals surface area contributed by atoms with Gasteiger partial charge in [-0.25, -0.2) is 0 Å². The fourth-order valence-electron chi connectivity index (χ4n) is 1.74. The second kappa shape index (κ2) is 2.09. The molecule has 2 heteroatoms. The molecule has 0 saturated carbocycles. The second-order valence-electron chi connectivity index (χ2n) is 3.37. The van der Waals surface area contributed by atoms with Crippen LogP contribution in [0.1, 0.15) is 11.5 Å². The van der Waals surface area contributed by atoms with E-state index >= 15 is 0 Å². The molecule has 2 nitrogen and oxygen atoms in total. The van der Waals surface area contributed by atoms with Crippen molar-refractivity contribution in [2.24, 2.45) is 0 Å². The van der Waals surface area contributed by atoms with Crippen molar-refractivity contribution >= 4 is 0 Å². The Bertz CT molecular complexity index is 290. The Balaban J connectivity index is 1.90. The van der Waals surface area contributed by atoms with Gasteiger partial charge in [-0.3, -0.25) is 0 Å². The van der Waals surface area contributed by atoms with Crippen LogP contribution in [0.5, 0.6) is 0 Å². The van der Waals surface area contributed by atoms with Crippen LogP contribution in [0.15, 0.2) is 30.3 Å². The van der Waals surface area contributed by atoms with Crippen LogP contribution >= 0.6 is 0 Å². The van der Waals surface area contributed by atoms with Gasteiger partial charge in [0.2, 0.25) is 5.79 Å². The summed E-state index contributed by atoms with van der Waals surface area (Å²) in [6.45, 7) is 1.58. The Hall–Kier alpha value is -0.860. The van der Waals surface area contributed by atoms with E-state index in [4.69, 9.17) is 9.47 Å². The SMILES string of the molecule is c1ccc(C2COC23CO3)cc1. The summed E-state index contributed by atoms with van der Waals surface area (Å²) in [4.78, 5) is 0. The van der Waals surface area contributed by atoms with Crippen LogP contribution < -0.4 is 0 Å². The molecule has 3 rings (SSSR count). The Morgan fingerprint density at radius 1 is 1.17 bits per heavy atom. The van der Waals surface area contributed by atoms with Crippen LogP contribution in [-0.4, -0.2) is 19.0 Å². The molecule has 0 amide bonds. The molecule has 2 aliphatic heterocycles. The average molecular weight is 162 g/mol. The van der Waals surface area contributed by atoms with Crippen molar-refractivity contribution in [3.63, 3.8) is 0 Å². The van der Waals surface area contributed by atoms with Gasteiger partial charge in [0.05, 0.1) is 12.5 Å². The van der Waals surface area contributed by atoms with Gasteiger partial charge in [-0.1, -0.05) is 30.3 Å². The number of epoxide rings is 1. The van der Waals surface area contributed by atoms with Gasteiger partial charge >= 0.3 is 0 Å². The topological polar surface area (TPSA) is 21.8 Å². The number of rotatable bonds is 1. The van der Waals surface area contributed by atoms with Crippen molar-refractivity contribution in [2.45, 2.75) is 11.7 Å². The largest absolute Gasteiger partial charge is 0.346 e.